The second kappa shape index (κ2) is 4.28. The second-order valence-corrected chi connectivity index (χ2v) is 5.52. The van der Waals surface area contributed by atoms with Crippen LogP contribution in [0.4, 0.5) is 0 Å². The van der Waals surface area contributed by atoms with Gasteiger partial charge in [-0.05, 0) is 47.9 Å². The molecule has 0 fully saturated rings. The van der Waals surface area contributed by atoms with Gasteiger partial charge in [0.2, 0.25) is 0 Å². The summed E-state index contributed by atoms with van der Waals surface area (Å²) in [5.74, 6) is 0.918. The first-order chi connectivity index (χ1) is 8.26. The maximum absolute atomic E-state index is 6.02. The number of fused-ring (bicyclic) bond motifs is 2. The third-order valence-electron chi connectivity index (χ3n) is 2.90. The molecule has 2 aromatic carbocycles. The molecule has 1 nitrogen and oxygen atoms in total. The zero-order valence-electron chi connectivity index (χ0n) is 9.37. The Morgan fingerprint density at radius 1 is 1.06 bits per heavy atom. The average molecular weight is 263 g/mol. The van der Waals surface area contributed by atoms with Crippen molar-refractivity contribution < 1.29 is 4.74 Å². The molecule has 0 spiro atoms. The van der Waals surface area contributed by atoms with Crippen molar-refractivity contribution in [2.75, 3.05) is 7.11 Å². The predicted octanol–water partition coefficient (Wildman–Crippen LogP) is 4.40. The van der Waals surface area contributed by atoms with Crippen molar-refractivity contribution in [2.45, 2.75) is 16.2 Å². The molecule has 17 heavy (non-hydrogen) atoms. The molecule has 0 radical (unpaired) electrons. The zero-order valence-corrected chi connectivity index (χ0v) is 10.9. The lowest BCUT2D eigenvalue weighted by atomic mass is 10.0. The van der Waals surface area contributed by atoms with Crippen LogP contribution in [-0.4, -0.2) is 7.11 Å². The lowest BCUT2D eigenvalue weighted by molar-refractivity contribution is 0.414. The van der Waals surface area contributed by atoms with Crippen LogP contribution >= 0.6 is 23.4 Å². The molecule has 86 valence electrons. The maximum atomic E-state index is 6.02. The Hall–Kier alpha value is -1.12. The third-order valence-corrected chi connectivity index (χ3v) is 4.35. The minimum atomic E-state index is 0.799. The third kappa shape index (κ3) is 2.03. The number of ether oxygens (including phenoxy) is 1. The molecule has 0 bridgehead atoms. The number of hydrogen-bond donors (Lipinski definition) is 0. The number of benzene rings is 2. The van der Waals surface area contributed by atoms with Crippen LogP contribution in [0.5, 0.6) is 5.75 Å². The van der Waals surface area contributed by atoms with Gasteiger partial charge < -0.3 is 4.74 Å². The molecule has 0 N–H and O–H groups in total. The van der Waals surface area contributed by atoms with E-state index in [-0.39, 0.29) is 0 Å². The highest BCUT2D eigenvalue weighted by atomic mass is 35.5. The van der Waals surface area contributed by atoms with E-state index in [1.165, 1.54) is 20.9 Å². The molecule has 0 saturated heterocycles. The van der Waals surface area contributed by atoms with Crippen LogP contribution in [0, 0.1) is 0 Å². The van der Waals surface area contributed by atoms with E-state index in [1.807, 2.05) is 18.2 Å². The van der Waals surface area contributed by atoms with Crippen molar-refractivity contribution >= 4 is 23.4 Å². The summed E-state index contributed by atoms with van der Waals surface area (Å²) >= 11 is 7.79. The normalized spacial score (nSPS) is 12.8. The molecule has 3 heteroatoms. The quantitative estimate of drug-likeness (QED) is 0.643. The van der Waals surface area contributed by atoms with Gasteiger partial charge in [0.15, 0.2) is 0 Å². The highest BCUT2D eigenvalue weighted by Gasteiger charge is 2.16. The number of rotatable bonds is 1. The van der Waals surface area contributed by atoms with E-state index in [9.17, 15) is 0 Å². The molecule has 1 aliphatic heterocycles. The van der Waals surface area contributed by atoms with E-state index >= 15 is 0 Å². The molecule has 0 aliphatic carbocycles. The Morgan fingerprint density at radius 3 is 2.76 bits per heavy atom. The van der Waals surface area contributed by atoms with Gasteiger partial charge in [0, 0.05) is 14.8 Å². The smallest absolute Gasteiger partial charge is 0.119 e. The van der Waals surface area contributed by atoms with E-state index in [0.717, 1.165) is 17.2 Å². The van der Waals surface area contributed by atoms with Gasteiger partial charge in [-0.1, -0.05) is 29.4 Å². The average Bonchev–Trinajstić information content (AvgIpc) is 2.35. The maximum Gasteiger partial charge on any atom is 0.119 e. The first-order valence-corrected chi connectivity index (χ1v) is 6.59. The first kappa shape index (κ1) is 11.0. The van der Waals surface area contributed by atoms with E-state index in [2.05, 4.69) is 18.2 Å². The summed E-state index contributed by atoms with van der Waals surface area (Å²) < 4.78 is 5.26. The van der Waals surface area contributed by atoms with Crippen LogP contribution in [0.15, 0.2) is 46.2 Å². The summed E-state index contributed by atoms with van der Waals surface area (Å²) in [7, 11) is 1.70. The highest BCUT2D eigenvalue weighted by molar-refractivity contribution is 7.99. The van der Waals surface area contributed by atoms with Crippen LogP contribution in [0.25, 0.3) is 0 Å². The fraction of sp³-hybridized carbons (Fsp3) is 0.143. The molecule has 1 aliphatic rings. The Balaban J connectivity index is 2.04. The van der Waals surface area contributed by atoms with Crippen LogP contribution in [0.3, 0.4) is 0 Å². The topological polar surface area (TPSA) is 9.23 Å². The molecule has 1 heterocycles. The van der Waals surface area contributed by atoms with Gasteiger partial charge in [-0.2, -0.15) is 0 Å². The van der Waals surface area contributed by atoms with Crippen LogP contribution in [0.2, 0.25) is 5.02 Å². The van der Waals surface area contributed by atoms with Gasteiger partial charge in [-0.15, -0.1) is 0 Å². The standard InChI is InChI=1S/C14H11ClOS/c1-16-12-4-5-13-10(7-12)6-9-2-3-11(15)8-14(9)17-13/h2-5,7-8H,6H2,1H3. The van der Waals surface area contributed by atoms with E-state index in [0.29, 0.717) is 0 Å². The van der Waals surface area contributed by atoms with Crippen LogP contribution in [-0.2, 0) is 6.42 Å². The summed E-state index contributed by atoms with van der Waals surface area (Å²) in [6.07, 6.45) is 0.950. The molecule has 2 aromatic rings. The number of halogens is 1. The predicted molar refractivity (Wildman–Crippen MR) is 71.4 cm³/mol. The van der Waals surface area contributed by atoms with Gasteiger partial charge in [-0.25, -0.2) is 0 Å². The monoisotopic (exact) mass is 262 g/mol. The minimum absolute atomic E-state index is 0.799. The SMILES string of the molecule is COc1ccc2c(c1)Cc1ccc(Cl)cc1S2. The molecule has 0 atom stereocenters. The second-order valence-electron chi connectivity index (χ2n) is 4.00. The van der Waals surface area contributed by atoms with Crippen molar-refractivity contribution in [1.82, 2.24) is 0 Å². The summed E-state index contributed by atoms with van der Waals surface area (Å²) in [4.78, 5) is 2.55. The van der Waals surface area contributed by atoms with Crippen molar-refractivity contribution in [1.29, 1.82) is 0 Å². The molecule has 0 saturated carbocycles. The molecular formula is C14H11ClOS. The number of hydrogen-bond acceptors (Lipinski definition) is 2. The van der Waals surface area contributed by atoms with Gasteiger partial charge in [-0.3, -0.25) is 0 Å². The van der Waals surface area contributed by atoms with Gasteiger partial charge in [0.05, 0.1) is 7.11 Å². The molecular weight excluding hydrogens is 252 g/mol. The van der Waals surface area contributed by atoms with Gasteiger partial charge >= 0.3 is 0 Å². The van der Waals surface area contributed by atoms with Crippen molar-refractivity contribution in [3.05, 3.63) is 52.5 Å². The largest absolute Gasteiger partial charge is 0.497 e. The summed E-state index contributed by atoms with van der Waals surface area (Å²) in [5, 5.41) is 0.799. The lowest BCUT2D eigenvalue weighted by Gasteiger charge is -2.19. The van der Waals surface area contributed by atoms with Crippen LogP contribution < -0.4 is 4.74 Å². The number of methoxy groups -OCH3 is 1. The molecule has 0 amide bonds. The molecule has 0 unspecified atom stereocenters. The summed E-state index contributed by atoms with van der Waals surface area (Å²) in [5.41, 5.74) is 2.66. The van der Waals surface area contributed by atoms with Crippen LogP contribution in [0.1, 0.15) is 11.1 Å². The molecule has 3 rings (SSSR count). The van der Waals surface area contributed by atoms with Crippen molar-refractivity contribution in [3.8, 4) is 5.75 Å². The fourth-order valence-corrected chi connectivity index (χ4v) is 3.34. The Kier molecular flexibility index (Phi) is 2.77. The fourth-order valence-electron chi connectivity index (χ4n) is 2.01. The van der Waals surface area contributed by atoms with Crippen molar-refractivity contribution in [3.63, 3.8) is 0 Å². The summed E-state index contributed by atoms with van der Waals surface area (Å²) in [6.45, 7) is 0. The van der Waals surface area contributed by atoms with Crippen molar-refractivity contribution in [2.24, 2.45) is 0 Å². The molecule has 0 aromatic heterocycles. The Morgan fingerprint density at radius 2 is 1.94 bits per heavy atom. The van der Waals surface area contributed by atoms with E-state index in [4.69, 9.17) is 16.3 Å². The Labute approximate surface area is 110 Å². The van der Waals surface area contributed by atoms with Gasteiger partial charge in [0.1, 0.15) is 5.75 Å². The zero-order chi connectivity index (χ0) is 11.8. The first-order valence-electron chi connectivity index (χ1n) is 5.39. The lowest BCUT2D eigenvalue weighted by Crippen LogP contribution is -1.99. The minimum Gasteiger partial charge on any atom is -0.497 e. The van der Waals surface area contributed by atoms with Gasteiger partial charge in [0.25, 0.3) is 0 Å². The Bertz CT molecular complexity index is 580. The van der Waals surface area contributed by atoms with E-state index < -0.39 is 0 Å². The summed E-state index contributed by atoms with van der Waals surface area (Å²) in [6, 6.07) is 12.3. The highest BCUT2D eigenvalue weighted by Crippen LogP contribution is 2.41. The van der Waals surface area contributed by atoms with E-state index in [1.54, 1.807) is 18.9 Å².